The number of aliphatic hydroxyl groups excluding tert-OH is 1. The Hall–Kier alpha value is -1.36. The zero-order valence-electron chi connectivity index (χ0n) is 8.99. The lowest BCUT2D eigenvalue weighted by Crippen LogP contribution is -2.32. The molecule has 1 atom stereocenters. The molecule has 0 aliphatic heterocycles. The van der Waals surface area contributed by atoms with Crippen LogP contribution in [0.1, 0.15) is 36.0 Å². The lowest BCUT2D eigenvalue weighted by atomic mass is 10.2. The van der Waals surface area contributed by atoms with E-state index in [0.29, 0.717) is 12.1 Å². The first-order valence-corrected chi connectivity index (χ1v) is 4.97. The van der Waals surface area contributed by atoms with Gasteiger partial charge in [-0.15, -0.1) is 0 Å². The average Bonchev–Trinajstić information content (AvgIpc) is 2.61. The van der Waals surface area contributed by atoms with Crippen molar-refractivity contribution in [2.75, 3.05) is 6.61 Å². The number of aryl methyl sites for hydroxylation is 1. The Labute approximate surface area is 88.5 Å². The molecule has 1 unspecified atom stereocenters. The Balaban J connectivity index is 2.46. The van der Waals surface area contributed by atoms with Crippen LogP contribution < -0.4 is 5.32 Å². The molecule has 5 heteroatoms. The van der Waals surface area contributed by atoms with E-state index in [1.165, 1.54) is 6.39 Å². The van der Waals surface area contributed by atoms with E-state index in [-0.39, 0.29) is 24.3 Å². The normalized spacial score (nSPS) is 12.5. The Morgan fingerprint density at radius 3 is 3.00 bits per heavy atom. The number of carbonyl (C=O) groups excluding carboxylic acids is 1. The van der Waals surface area contributed by atoms with Crippen molar-refractivity contribution in [1.82, 2.24) is 10.3 Å². The second kappa shape index (κ2) is 5.50. The van der Waals surface area contributed by atoms with Crippen LogP contribution in [0.15, 0.2) is 10.8 Å². The molecule has 0 saturated heterocycles. The summed E-state index contributed by atoms with van der Waals surface area (Å²) in [6.07, 6.45) is 2.68. The van der Waals surface area contributed by atoms with E-state index >= 15 is 0 Å². The van der Waals surface area contributed by atoms with Crippen LogP contribution in [0.2, 0.25) is 0 Å². The number of amides is 1. The molecule has 0 bridgehead atoms. The lowest BCUT2D eigenvalue weighted by Gasteiger charge is -2.11. The molecule has 1 aromatic heterocycles. The lowest BCUT2D eigenvalue weighted by molar-refractivity contribution is 0.0907. The van der Waals surface area contributed by atoms with Crippen LogP contribution in [0.5, 0.6) is 0 Å². The highest BCUT2D eigenvalue weighted by molar-refractivity contribution is 5.92. The molecular formula is C10H16N2O3. The highest BCUT2D eigenvalue weighted by atomic mass is 16.3. The molecule has 0 saturated carbocycles. The Kier molecular flexibility index (Phi) is 4.30. The van der Waals surface area contributed by atoms with E-state index in [0.717, 1.165) is 6.42 Å². The third kappa shape index (κ3) is 3.36. The zero-order chi connectivity index (χ0) is 11.3. The van der Waals surface area contributed by atoms with E-state index in [9.17, 15) is 4.79 Å². The molecule has 5 nitrogen and oxygen atoms in total. The number of aliphatic hydroxyl groups is 1. The third-order valence-electron chi connectivity index (χ3n) is 2.12. The van der Waals surface area contributed by atoms with Crippen molar-refractivity contribution in [3.63, 3.8) is 0 Å². The van der Waals surface area contributed by atoms with Gasteiger partial charge in [0.2, 0.25) is 5.76 Å². The first-order chi connectivity index (χ1) is 7.15. The van der Waals surface area contributed by atoms with Gasteiger partial charge in [-0.2, -0.15) is 0 Å². The summed E-state index contributed by atoms with van der Waals surface area (Å²) >= 11 is 0. The average molecular weight is 212 g/mol. The molecular weight excluding hydrogens is 196 g/mol. The summed E-state index contributed by atoms with van der Waals surface area (Å²) in [5.41, 5.74) is 0.585. The molecule has 0 spiro atoms. The van der Waals surface area contributed by atoms with Crippen LogP contribution >= 0.6 is 0 Å². The van der Waals surface area contributed by atoms with Gasteiger partial charge >= 0.3 is 0 Å². The van der Waals surface area contributed by atoms with Gasteiger partial charge in [-0.1, -0.05) is 0 Å². The molecule has 1 rings (SSSR count). The molecule has 15 heavy (non-hydrogen) atoms. The molecule has 0 fully saturated rings. The first kappa shape index (κ1) is 11.7. The van der Waals surface area contributed by atoms with Crippen molar-refractivity contribution < 1.29 is 14.3 Å². The van der Waals surface area contributed by atoms with Crippen molar-refractivity contribution in [2.45, 2.75) is 32.7 Å². The third-order valence-corrected chi connectivity index (χ3v) is 2.12. The largest absolute Gasteiger partial charge is 0.438 e. The summed E-state index contributed by atoms with van der Waals surface area (Å²) in [5.74, 6) is 0.00119. The van der Waals surface area contributed by atoms with Gasteiger partial charge in [0.05, 0.1) is 5.69 Å². The molecule has 2 N–H and O–H groups in total. The fraction of sp³-hybridized carbons (Fsp3) is 0.600. The van der Waals surface area contributed by atoms with Gasteiger partial charge in [-0.05, 0) is 26.7 Å². The predicted molar refractivity (Wildman–Crippen MR) is 54.5 cm³/mol. The molecule has 1 heterocycles. The van der Waals surface area contributed by atoms with E-state index < -0.39 is 0 Å². The zero-order valence-corrected chi connectivity index (χ0v) is 8.99. The van der Waals surface area contributed by atoms with Gasteiger partial charge in [-0.3, -0.25) is 4.79 Å². The van der Waals surface area contributed by atoms with Crippen molar-refractivity contribution >= 4 is 5.91 Å². The number of nitrogens with zero attached hydrogens (tertiary/aromatic N) is 1. The Bertz CT molecular complexity index is 322. The standard InChI is InChI=1S/C10H16N2O3/c1-7(4-3-5-13)12-10(14)9-8(2)11-6-15-9/h6-7,13H,3-5H2,1-2H3,(H,12,14). The molecule has 0 aliphatic rings. The van der Waals surface area contributed by atoms with Crippen molar-refractivity contribution in [3.05, 3.63) is 17.8 Å². The van der Waals surface area contributed by atoms with Crippen LogP contribution in [0.4, 0.5) is 0 Å². The SMILES string of the molecule is Cc1ncoc1C(=O)NC(C)CCCO. The van der Waals surface area contributed by atoms with Gasteiger partial charge in [0.1, 0.15) is 0 Å². The number of carbonyl (C=O) groups is 1. The molecule has 0 aromatic carbocycles. The monoisotopic (exact) mass is 212 g/mol. The maximum atomic E-state index is 11.6. The highest BCUT2D eigenvalue weighted by Gasteiger charge is 2.15. The second-order valence-corrected chi connectivity index (χ2v) is 3.51. The van der Waals surface area contributed by atoms with Crippen molar-refractivity contribution in [3.8, 4) is 0 Å². The minimum Gasteiger partial charge on any atom is -0.438 e. The number of hydrogen-bond acceptors (Lipinski definition) is 4. The quantitative estimate of drug-likeness (QED) is 0.759. The summed E-state index contributed by atoms with van der Waals surface area (Å²) in [6.45, 7) is 3.75. The van der Waals surface area contributed by atoms with E-state index in [1.54, 1.807) is 6.92 Å². The number of aromatic nitrogens is 1. The van der Waals surface area contributed by atoms with E-state index in [2.05, 4.69) is 10.3 Å². The second-order valence-electron chi connectivity index (χ2n) is 3.51. The number of nitrogens with one attached hydrogen (secondary N) is 1. The maximum absolute atomic E-state index is 11.6. The fourth-order valence-corrected chi connectivity index (χ4v) is 1.28. The number of hydrogen-bond donors (Lipinski definition) is 2. The predicted octanol–water partition coefficient (Wildman–Crippen LogP) is 0.874. The van der Waals surface area contributed by atoms with Crippen molar-refractivity contribution in [1.29, 1.82) is 0 Å². The molecule has 0 aliphatic carbocycles. The fourth-order valence-electron chi connectivity index (χ4n) is 1.28. The van der Waals surface area contributed by atoms with Crippen LogP contribution in [0.3, 0.4) is 0 Å². The van der Waals surface area contributed by atoms with Gasteiger partial charge in [0, 0.05) is 12.6 Å². The van der Waals surface area contributed by atoms with Crippen LogP contribution in [0, 0.1) is 6.92 Å². The molecule has 1 amide bonds. The smallest absolute Gasteiger partial charge is 0.289 e. The molecule has 1 aromatic rings. The van der Waals surface area contributed by atoms with Gasteiger partial charge in [-0.25, -0.2) is 4.98 Å². The summed E-state index contributed by atoms with van der Waals surface area (Å²) in [4.78, 5) is 15.4. The Morgan fingerprint density at radius 1 is 1.73 bits per heavy atom. The number of rotatable bonds is 5. The minimum absolute atomic E-state index is 0.0224. The number of oxazole rings is 1. The van der Waals surface area contributed by atoms with Crippen LogP contribution in [-0.4, -0.2) is 28.6 Å². The van der Waals surface area contributed by atoms with E-state index in [4.69, 9.17) is 9.52 Å². The minimum atomic E-state index is -0.254. The topological polar surface area (TPSA) is 75.4 Å². The summed E-state index contributed by atoms with van der Waals surface area (Å²) in [5, 5.41) is 11.4. The van der Waals surface area contributed by atoms with Gasteiger partial charge in [0.15, 0.2) is 6.39 Å². The summed E-state index contributed by atoms with van der Waals surface area (Å²) < 4.78 is 4.96. The molecule has 84 valence electrons. The summed E-state index contributed by atoms with van der Waals surface area (Å²) in [7, 11) is 0. The maximum Gasteiger partial charge on any atom is 0.289 e. The summed E-state index contributed by atoms with van der Waals surface area (Å²) in [6, 6.07) is 0.0224. The molecule has 0 radical (unpaired) electrons. The Morgan fingerprint density at radius 2 is 2.47 bits per heavy atom. The highest BCUT2D eigenvalue weighted by Crippen LogP contribution is 2.05. The first-order valence-electron chi connectivity index (χ1n) is 4.97. The van der Waals surface area contributed by atoms with E-state index in [1.807, 2.05) is 6.92 Å². The van der Waals surface area contributed by atoms with Gasteiger partial charge in [0.25, 0.3) is 5.91 Å². The van der Waals surface area contributed by atoms with Gasteiger partial charge < -0.3 is 14.8 Å². The van der Waals surface area contributed by atoms with Crippen LogP contribution in [-0.2, 0) is 0 Å². The van der Waals surface area contributed by atoms with Crippen molar-refractivity contribution in [2.24, 2.45) is 0 Å². The van der Waals surface area contributed by atoms with Crippen LogP contribution in [0.25, 0.3) is 0 Å².